The van der Waals surface area contributed by atoms with Crippen molar-refractivity contribution < 1.29 is 14.3 Å². The fraction of sp³-hybridized carbons (Fsp3) is 0.375. The van der Waals surface area contributed by atoms with Gasteiger partial charge in [0.1, 0.15) is 5.82 Å². The number of carbonyl (C=O) groups is 1. The number of hydrogen-bond donors (Lipinski definition) is 0. The Morgan fingerprint density at radius 1 is 1.42 bits per heavy atom. The maximum absolute atomic E-state index is 11.9. The number of aryl methyl sites for hydroxylation is 1. The fourth-order valence-electron chi connectivity index (χ4n) is 3.11. The summed E-state index contributed by atoms with van der Waals surface area (Å²) in [6.07, 6.45) is 0.890. The van der Waals surface area contributed by atoms with Gasteiger partial charge in [-0.25, -0.2) is 9.78 Å². The molecule has 3 aromatic rings. The van der Waals surface area contributed by atoms with Gasteiger partial charge in [0.05, 0.1) is 30.3 Å². The Kier molecular flexibility index (Phi) is 3.62. The molecule has 1 aromatic carbocycles. The maximum atomic E-state index is 11.9. The van der Waals surface area contributed by atoms with E-state index in [1.165, 1.54) is 7.11 Å². The number of benzene rings is 1. The van der Waals surface area contributed by atoms with E-state index in [9.17, 15) is 4.79 Å². The molecule has 2 aromatic heterocycles. The number of esters is 1. The molecule has 124 valence electrons. The lowest BCUT2D eigenvalue weighted by Gasteiger charge is -2.11. The second-order valence-electron chi connectivity index (χ2n) is 5.83. The zero-order chi connectivity index (χ0) is 16.8. The van der Waals surface area contributed by atoms with Crippen molar-refractivity contribution in [3.8, 4) is 0 Å². The van der Waals surface area contributed by atoms with E-state index < -0.39 is 5.97 Å². The first-order valence-corrected chi connectivity index (χ1v) is 7.99. The standard InChI is InChI=1S/C16H15ClN4O3/c1-8-5-12-11(6-10(8)16(22)23-2)18-13(17)15-20-19-14(21(12)15)9-3-4-24-7-9/h5-6,9H,3-4,7H2,1-2H3. The molecular weight excluding hydrogens is 332 g/mol. The Labute approximate surface area is 142 Å². The second-order valence-corrected chi connectivity index (χ2v) is 6.19. The zero-order valence-corrected chi connectivity index (χ0v) is 14.0. The third-order valence-electron chi connectivity index (χ3n) is 4.35. The third-order valence-corrected chi connectivity index (χ3v) is 4.61. The van der Waals surface area contributed by atoms with Crippen LogP contribution in [0.15, 0.2) is 12.1 Å². The average molecular weight is 347 g/mol. The van der Waals surface area contributed by atoms with Crippen molar-refractivity contribution in [2.24, 2.45) is 0 Å². The molecule has 1 aliphatic heterocycles. The summed E-state index contributed by atoms with van der Waals surface area (Å²) in [7, 11) is 1.35. The first kappa shape index (κ1) is 15.3. The topological polar surface area (TPSA) is 78.6 Å². The van der Waals surface area contributed by atoms with E-state index in [1.807, 2.05) is 17.4 Å². The molecule has 0 N–H and O–H groups in total. The Bertz CT molecular complexity index is 963. The lowest BCUT2D eigenvalue weighted by Crippen LogP contribution is -2.08. The van der Waals surface area contributed by atoms with E-state index in [-0.39, 0.29) is 11.1 Å². The lowest BCUT2D eigenvalue weighted by molar-refractivity contribution is 0.0600. The van der Waals surface area contributed by atoms with Crippen LogP contribution in [0.1, 0.15) is 34.1 Å². The van der Waals surface area contributed by atoms with Crippen molar-refractivity contribution in [1.82, 2.24) is 19.6 Å². The molecule has 8 heteroatoms. The molecular formula is C16H15ClN4O3. The molecule has 1 atom stereocenters. The second kappa shape index (κ2) is 5.68. The smallest absolute Gasteiger partial charge is 0.338 e. The van der Waals surface area contributed by atoms with E-state index in [4.69, 9.17) is 21.1 Å². The van der Waals surface area contributed by atoms with Gasteiger partial charge < -0.3 is 9.47 Å². The van der Waals surface area contributed by atoms with E-state index in [1.54, 1.807) is 6.07 Å². The summed E-state index contributed by atoms with van der Waals surface area (Å²) in [5.41, 5.74) is 3.18. The molecule has 1 fully saturated rings. The van der Waals surface area contributed by atoms with Gasteiger partial charge in [-0.1, -0.05) is 11.6 Å². The highest BCUT2D eigenvalue weighted by Crippen LogP contribution is 2.30. The monoisotopic (exact) mass is 346 g/mol. The normalized spacial score (nSPS) is 17.7. The highest BCUT2D eigenvalue weighted by atomic mass is 35.5. The molecule has 3 heterocycles. The number of methoxy groups -OCH3 is 1. The number of hydrogen-bond acceptors (Lipinski definition) is 6. The van der Waals surface area contributed by atoms with Crippen LogP contribution in [0, 0.1) is 6.92 Å². The van der Waals surface area contributed by atoms with Gasteiger partial charge in [-0.2, -0.15) is 0 Å². The van der Waals surface area contributed by atoms with Gasteiger partial charge >= 0.3 is 5.97 Å². The van der Waals surface area contributed by atoms with Crippen LogP contribution in [0.3, 0.4) is 0 Å². The summed E-state index contributed by atoms with van der Waals surface area (Å²) >= 11 is 6.28. The summed E-state index contributed by atoms with van der Waals surface area (Å²) in [6.45, 7) is 3.18. The number of fused-ring (bicyclic) bond motifs is 3. The van der Waals surface area contributed by atoms with Gasteiger partial charge in [-0.3, -0.25) is 4.40 Å². The number of nitrogens with zero attached hydrogens (tertiary/aromatic N) is 4. The van der Waals surface area contributed by atoms with Crippen LogP contribution in [0.4, 0.5) is 0 Å². The summed E-state index contributed by atoms with van der Waals surface area (Å²) in [6, 6.07) is 3.58. The Hall–Kier alpha value is -2.25. The van der Waals surface area contributed by atoms with E-state index in [0.717, 1.165) is 23.3 Å². The molecule has 1 saturated heterocycles. The van der Waals surface area contributed by atoms with Gasteiger partial charge in [0.15, 0.2) is 10.8 Å². The summed E-state index contributed by atoms with van der Waals surface area (Å²) in [4.78, 5) is 16.3. The molecule has 7 nitrogen and oxygen atoms in total. The molecule has 0 amide bonds. The van der Waals surface area contributed by atoms with Crippen molar-refractivity contribution in [1.29, 1.82) is 0 Å². The van der Waals surface area contributed by atoms with E-state index in [0.29, 0.717) is 29.9 Å². The van der Waals surface area contributed by atoms with Crippen molar-refractivity contribution in [3.05, 3.63) is 34.2 Å². The summed E-state index contributed by atoms with van der Waals surface area (Å²) < 4.78 is 12.2. The highest BCUT2D eigenvalue weighted by molar-refractivity contribution is 6.32. The van der Waals surface area contributed by atoms with Gasteiger partial charge in [0.25, 0.3) is 0 Å². The first-order chi connectivity index (χ1) is 11.6. The number of carbonyl (C=O) groups excluding carboxylic acids is 1. The van der Waals surface area contributed by atoms with Crippen LogP contribution in [-0.2, 0) is 9.47 Å². The van der Waals surface area contributed by atoms with Crippen LogP contribution < -0.4 is 0 Å². The maximum Gasteiger partial charge on any atom is 0.338 e. The molecule has 1 aliphatic rings. The van der Waals surface area contributed by atoms with Crippen LogP contribution in [-0.4, -0.2) is 45.9 Å². The first-order valence-electron chi connectivity index (χ1n) is 7.61. The zero-order valence-electron chi connectivity index (χ0n) is 13.2. The Morgan fingerprint density at radius 2 is 2.25 bits per heavy atom. The van der Waals surface area contributed by atoms with Crippen molar-refractivity contribution in [2.75, 3.05) is 20.3 Å². The molecule has 24 heavy (non-hydrogen) atoms. The van der Waals surface area contributed by atoms with Gasteiger partial charge in [-0.05, 0) is 31.0 Å². The lowest BCUT2D eigenvalue weighted by atomic mass is 10.1. The third kappa shape index (κ3) is 2.23. The SMILES string of the molecule is COC(=O)c1cc2nc(Cl)c3nnc(C4CCOC4)n3c2cc1C. The minimum absolute atomic E-state index is 0.169. The number of aromatic nitrogens is 4. The summed E-state index contributed by atoms with van der Waals surface area (Å²) in [5, 5.41) is 8.75. The minimum atomic E-state index is -0.402. The molecule has 1 unspecified atom stereocenters. The predicted octanol–water partition coefficient (Wildman–Crippen LogP) is 2.53. The molecule has 0 spiro atoms. The minimum Gasteiger partial charge on any atom is -0.465 e. The van der Waals surface area contributed by atoms with Crippen molar-refractivity contribution in [2.45, 2.75) is 19.3 Å². The largest absolute Gasteiger partial charge is 0.465 e. The Balaban J connectivity index is 2.03. The number of rotatable bonds is 2. The van der Waals surface area contributed by atoms with Crippen molar-refractivity contribution in [3.63, 3.8) is 0 Å². The van der Waals surface area contributed by atoms with Crippen LogP contribution in [0.5, 0.6) is 0 Å². The van der Waals surface area contributed by atoms with Gasteiger partial charge in [0, 0.05) is 12.5 Å². The van der Waals surface area contributed by atoms with Gasteiger partial charge in [0.2, 0.25) is 0 Å². The summed E-state index contributed by atoms with van der Waals surface area (Å²) in [5.74, 6) is 0.574. The van der Waals surface area contributed by atoms with Crippen LogP contribution >= 0.6 is 11.6 Å². The number of ether oxygens (including phenoxy) is 2. The number of halogens is 1. The van der Waals surface area contributed by atoms with Gasteiger partial charge in [-0.15, -0.1) is 10.2 Å². The molecule has 0 radical (unpaired) electrons. The molecule has 0 aliphatic carbocycles. The van der Waals surface area contributed by atoms with Crippen LogP contribution in [0.2, 0.25) is 5.15 Å². The predicted molar refractivity (Wildman–Crippen MR) is 87.6 cm³/mol. The highest BCUT2D eigenvalue weighted by Gasteiger charge is 2.25. The Morgan fingerprint density at radius 3 is 2.96 bits per heavy atom. The van der Waals surface area contributed by atoms with E-state index >= 15 is 0 Å². The van der Waals surface area contributed by atoms with E-state index in [2.05, 4.69) is 15.2 Å². The molecule has 4 rings (SSSR count). The van der Waals surface area contributed by atoms with Crippen molar-refractivity contribution >= 4 is 34.3 Å². The molecule has 0 saturated carbocycles. The quantitative estimate of drug-likeness (QED) is 0.663. The fourth-order valence-corrected chi connectivity index (χ4v) is 3.32. The average Bonchev–Trinajstić information content (AvgIpc) is 3.23. The van der Waals surface area contributed by atoms with Crippen LogP contribution in [0.25, 0.3) is 16.7 Å². The molecule has 0 bridgehead atoms.